The summed E-state index contributed by atoms with van der Waals surface area (Å²) in [5.74, 6) is -0.172. The van der Waals surface area contributed by atoms with E-state index in [-0.39, 0.29) is 12.2 Å². The van der Waals surface area contributed by atoms with E-state index in [4.69, 9.17) is 11.5 Å². The van der Waals surface area contributed by atoms with Gasteiger partial charge in [-0.3, -0.25) is 15.0 Å². The lowest BCUT2D eigenvalue weighted by Crippen LogP contribution is -2.34. The molecule has 3 rings (SSSR count). The second kappa shape index (κ2) is 8.51. The van der Waals surface area contributed by atoms with Crippen LogP contribution in [0.5, 0.6) is 0 Å². The van der Waals surface area contributed by atoms with Crippen LogP contribution in [-0.2, 0) is 6.54 Å². The van der Waals surface area contributed by atoms with Crippen molar-refractivity contribution in [3.05, 3.63) is 41.5 Å². The number of nitrogens with one attached hydrogen (secondary N) is 1. The van der Waals surface area contributed by atoms with E-state index in [0.717, 1.165) is 42.9 Å². The van der Waals surface area contributed by atoms with Crippen LogP contribution in [0.3, 0.4) is 0 Å². The molecular formula is C19H24N4O3S. The molecule has 1 aliphatic heterocycles. The van der Waals surface area contributed by atoms with Crippen LogP contribution in [0.15, 0.2) is 30.3 Å². The Hall–Kier alpha value is -2.42. The van der Waals surface area contributed by atoms with Crippen molar-refractivity contribution >= 4 is 28.3 Å². The summed E-state index contributed by atoms with van der Waals surface area (Å²) in [5, 5.41) is 12.0. The quantitative estimate of drug-likeness (QED) is 0.606. The molecule has 0 atom stereocenters. The lowest BCUT2D eigenvalue weighted by atomic mass is 9.97. The van der Waals surface area contributed by atoms with E-state index in [2.05, 4.69) is 22.3 Å². The van der Waals surface area contributed by atoms with Gasteiger partial charge >= 0.3 is 6.03 Å². The van der Waals surface area contributed by atoms with Crippen LogP contribution in [0.4, 0.5) is 9.80 Å². The molecule has 0 saturated carbocycles. The summed E-state index contributed by atoms with van der Waals surface area (Å²) in [7, 11) is 0. The Morgan fingerprint density at radius 1 is 1.19 bits per heavy atom. The minimum Gasteiger partial charge on any atom is -0.396 e. The third-order valence-electron chi connectivity index (χ3n) is 4.84. The molecule has 1 saturated heterocycles. The molecule has 1 aliphatic rings. The minimum absolute atomic E-state index is 0.254. The molecule has 8 heteroatoms. The van der Waals surface area contributed by atoms with E-state index >= 15 is 0 Å². The van der Waals surface area contributed by atoms with Gasteiger partial charge in [-0.15, -0.1) is 11.3 Å². The highest BCUT2D eigenvalue weighted by molar-refractivity contribution is 7.20. The van der Waals surface area contributed by atoms with Crippen molar-refractivity contribution < 1.29 is 14.7 Å². The second-order valence-corrected chi connectivity index (χ2v) is 7.86. The van der Waals surface area contributed by atoms with E-state index < -0.39 is 11.9 Å². The lowest BCUT2D eigenvalue weighted by Gasteiger charge is -2.31. The molecule has 1 fully saturated rings. The van der Waals surface area contributed by atoms with Gasteiger partial charge in [0.25, 0.3) is 5.91 Å². The van der Waals surface area contributed by atoms with Gasteiger partial charge < -0.3 is 16.6 Å². The SMILES string of the molecule is NC(=O)Nc1sc(-c2ccc(CN3CCC(CO)CC3)cc2)cc1C(N)=O. The summed E-state index contributed by atoms with van der Waals surface area (Å²) in [4.78, 5) is 25.9. The predicted molar refractivity (Wildman–Crippen MR) is 107 cm³/mol. The predicted octanol–water partition coefficient (Wildman–Crippen LogP) is 2.21. The maximum Gasteiger partial charge on any atom is 0.317 e. The van der Waals surface area contributed by atoms with E-state index in [1.54, 1.807) is 6.07 Å². The Balaban J connectivity index is 1.70. The number of carbonyl (C=O) groups is 2. The van der Waals surface area contributed by atoms with Crippen molar-refractivity contribution in [2.45, 2.75) is 19.4 Å². The summed E-state index contributed by atoms with van der Waals surface area (Å²) < 4.78 is 0. The lowest BCUT2D eigenvalue weighted by molar-refractivity contribution is 0.100. The average Bonchev–Trinajstić information content (AvgIpc) is 3.06. The van der Waals surface area contributed by atoms with Gasteiger partial charge in [-0.25, -0.2) is 4.79 Å². The smallest absolute Gasteiger partial charge is 0.317 e. The van der Waals surface area contributed by atoms with Gasteiger partial charge in [-0.1, -0.05) is 24.3 Å². The number of anilines is 1. The van der Waals surface area contributed by atoms with Crippen molar-refractivity contribution in [2.24, 2.45) is 17.4 Å². The van der Waals surface area contributed by atoms with Crippen LogP contribution in [-0.4, -0.2) is 41.6 Å². The Morgan fingerprint density at radius 2 is 1.85 bits per heavy atom. The molecule has 2 heterocycles. The molecule has 1 aromatic heterocycles. The first-order valence-corrected chi connectivity index (χ1v) is 9.70. The molecule has 0 unspecified atom stereocenters. The first-order valence-electron chi connectivity index (χ1n) is 8.89. The molecule has 3 amide bonds. The van der Waals surface area contributed by atoms with Crippen molar-refractivity contribution in [1.29, 1.82) is 0 Å². The molecule has 2 aromatic rings. The summed E-state index contributed by atoms with van der Waals surface area (Å²) in [6.07, 6.45) is 2.07. The number of carbonyl (C=O) groups excluding carboxylic acids is 2. The number of aliphatic hydroxyl groups is 1. The fraction of sp³-hybridized carbons (Fsp3) is 0.368. The van der Waals surface area contributed by atoms with Gasteiger partial charge in [-0.05, 0) is 49.0 Å². The van der Waals surface area contributed by atoms with Crippen LogP contribution in [0.1, 0.15) is 28.8 Å². The zero-order valence-electron chi connectivity index (χ0n) is 15.0. The number of rotatable bonds is 6. The molecule has 1 aromatic carbocycles. The monoisotopic (exact) mass is 388 g/mol. The largest absolute Gasteiger partial charge is 0.396 e. The topological polar surface area (TPSA) is 122 Å². The van der Waals surface area contributed by atoms with Crippen LogP contribution in [0.25, 0.3) is 10.4 Å². The number of nitrogens with zero attached hydrogens (tertiary/aromatic N) is 1. The number of thiophene rings is 1. The minimum atomic E-state index is -0.730. The number of likely N-dealkylation sites (tertiary alicyclic amines) is 1. The zero-order valence-corrected chi connectivity index (χ0v) is 15.8. The van der Waals surface area contributed by atoms with Crippen molar-refractivity contribution in [3.63, 3.8) is 0 Å². The maximum atomic E-state index is 11.6. The van der Waals surface area contributed by atoms with Crippen molar-refractivity contribution in [1.82, 2.24) is 4.90 Å². The van der Waals surface area contributed by atoms with Gasteiger partial charge in [-0.2, -0.15) is 0 Å². The summed E-state index contributed by atoms with van der Waals surface area (Å²) in [6, 6.07) is 9.08. The molecular weight excluding hydrogens is 364 g/mol. The van der Waals surface area contributed by atoms with Gasteiger partial charge in [0.2, 0.25) is 0 Å². The highest BCUT2D eigenvalue weighted by atomic mass is 32.1. The number of aliphatic hydroxyl groups excluding tert-OH is 1. The summed E-state index contributed by atoms with van der Waals surface area (Å²) in [5.41, 5.74) is 13.0. The van der Waals surface area contributed by atoms with Crippen LogP contribution >= 0.6 is 11.3 Å². The standard InChI is InChI=1S/C19H24N4O3S/c20-17(25)15-9-16(27-18(15)22-19(21)26)14-3-1-12(2-4-14)10-23-7-5-13(11-24)6-8-23/h1-4,9,13,24H,5-8,10-11H2,(H2,20,25)(H3,21,22,26). The van der Waals surface area contributed by atoms with Crippen LogP contribution < -0.4 is 16.8 Å². The summed E-state index contributed by atoms with van der Waals surface area (Å²) in [6.45, 7) is 3.16. The van der Waals surface area contributed by atoms with Gasteiger partial charge in [0.05, 0.1) is 5.56 Å². The van der Waals surface area contributed by atoms with Crippen molar-refractivity contribution in [2.75, 3.05) is 25.0 Å². The highest BCUT2D eigenvalue weighted by Gasteiger charge is 2.19. The van der Waals surface area contributed by atoms with E-state index in [0.29, 0.717) is 10.9 Å². The molecule has 0 radical (unpaired) electrons. The van der Waals surface area contributed by atoms with Crippen LogP contribution in [0.2, 0.25) is 0 Å². The number of urea groups is 1. The molecule has 144 valence electrons. The highest BCUT2D eigenvalue weighted by Crippen LogP contribution is 2.35. The number of nitrogens with two attached hydrogens (primary N) is 2. The van der Waals surface area contributed by atoms with Gasteiger partial charge in [0.15, 0.2) is 0 Å². The Labute approximate surface area is 162 Å². The molecule has 27 heavy (non-hydrogen) atoms. The Kier molecular flexibility index (Phi) is 6.10. The fourth-order valence-corrected chi connectivity index (χ4v) is 4.35. The van der Waals surface area contributed by atoms with E-state index in [1.807, 2.05) is 12.1 Å². The first kappa shape index (κ1) is 19.3. The zero-order chi connectivity index (χ0) is 19.4. The molecule has 0 bridgehead atoms. The normalized spacial score (nSPS) is 15.6. The first-order chi connectivity index (χ1) is 13.0. The number of hydrogen-bond donors (Lipinski definition) is 4. The molecule has 0 aliphatic carbocycles. The van der Waals surface area contributed by atoms with Gasteiger partial charge in [0.1, 0.15) is 5.00 Å². The van der Waals surface area contributed by atoms with E-state index in [9.17, 15) is 14.7 Å². The average molecular weight is 388 g/mol. The number of amides is 3. The van der Waals surface area contributed by atoms with Crippen molar-refractivity contribution in [3.8, 4) is 10.4 Å². The molecule has 6 N–H and O–H groups in total. The number of primary amides is 2. The molecule has 0 spiro atoms. The summed E-state index contributed by atoms with van der Waals surface area (Å²) >= 11 is 1.27. The van der Waals surface area contributed by atoms with Crippen LogP contribution in [0, 0.1) is 5.92 Å². The third-order valence-corrected chi connectivity index (χ3v) is 5.94. The maximum absolute atomic E-state index is 11.6. The number of piperidine rings is 1. The Morgan fingerprint density at radius 3 is 2.41 bits per heavy atom. The number of hydrogen-bond acceptors (Lipinski definition) is 5. The molecule has 7 nitrogen and oxygen atoms in total. The number of benzene rings is 1. The second-order valence-electron chi connectivity index (χ2n) is 6.81. The van der Waals surface area contributed by atoms with Gasteiger partial charge in [0, 0.05) is 18.0 Å². The fourth-order valence-electron chi connectivity index (χ4n) is 3.28. The Bertz CT molecular complexity index is 811. The third kappa shape index (κ3) is 4.85. The van der Waals surface area contributed by atoms with E-state index in [1.165, 1.54) is 16.9 Å².